The topological polar surface area (TPSA) is 26.5 Å². The number of hydrogen-bond acceptors (Lipinski definition) is 3. The lowest BCUT2D eigenvalue weighted by atomic mass is 10.2. The molecule has 0 spiro atoms. The predicted molar refractivity (Wildman–Crippen MR) is 102 cm³/mol. The van der Waals surface area contributed by atoms with Crippen molar-refractivity contribution in [2.45, 2.75) is 6.92 Å². The first-order chi connectivity index (χ1) is 11.6. The Morgan fingerprint density at radius 2 is 1.88 bits per heavy atom. The van der Waals surface area contributed by atoms with E-state index in [2.05, 4.69) is 0 Å². The molecule has 0 N–H and O–H groups in total. The Morgan fingerprint density at radius 1 is 1.12 bits per heavy atom. The van der Waals surface area contributed by atoms with Crippen molar-refractivity contribution in [3.63, 3.8) is 0 Å². The number of aromatic nitrogens is 1. The van der Waals surface area contributed by atoms with E-state index in [-0.39, 0.29) is 0 Å². The average molecular weight is 379 g/mol. The average Bonchev–Trinajstić information content (AvgIpc) is 2.91. The normalized spacial score (nSPS) is 11.8. The van der Waals surface area contributed by atoms with Gasteiger partial charge in [0.25, 0.3) is 0 Å². The van der Waals surface area contributed by atoms with Gasteiger partial charge in [-0.2, -0.15) is 0 Å². The van der Waals surface area contributed by atoms with E-state index < -0.39 is 0 Å². The van der Waals surface area contributed by atoms with Crippen LogP contribution in [0.1, 0.15) is 6.92 Å². The molecule has 0 aliphatic rings. The molecular formula is C18H16Cl2N2OS. The fourth-order valence-electron chi connectivity index (χ4n) is 2.31. The summed E-state index contributed by atoms with van der Waals surface area (Å²) in [6.07, 6.45) is 0. The smallest absolute Gasteiger partial charge is 0.190 e. The Kier molecular flexibility index (Phi) is 5.29. The molecule has 0 bridgehead atoms. The zero-order valence-electron chi connectivity index (χ0n) is 13.3. The molecule has 124 valence electrons. The van der Waals surface area contributed by atoms with Crippen molar-refractivity contribution in [1.82, 2.24) is 4.57 Å². The molecule has 0 amide bonds. The zero-order chi connectivity index (χ0) is 17.1. The first-order valence-electron chi connectivity index (χ1n) is 7.46. The molecule has 3 nitrogen and oxygen atoms in total. The van der Waals surface area contributed by atoms with Crippen LogP contribution in [0.3, 0.4) is 0 Å². The molecule has 0 radical (unpaired) electrons. The molecule has 0 aliphatic heterocycles. The molecule has 3 aromatic rings. The molecule has 0 unspecified atom stereocenters. The van der Waals surface area contributed by atoms with Gasteiger partial charge in [-0.25, -0.2) is 4.99 Å². The predicted octanol–water partition coefficient (Wildman–Crippen LogP) is 5.69. The van der Waals surface area contributed by atoms with Crippen molar-refractivity contribution in [2.24, 2.45) is 12.0 Å². The van der Waals surface area contributed by atoms with E-state index in [1.807, 2.05) is 60.3 Å². The molecule has 0 saturated carbocycles. The molecule has 0 aliphatic carbocycles. The Bertz CT molecular complexity index is 914. The van der Waals surface area contributed by atoms with E-state index in [1.54, 1.807) is 17.4 Å². The van der Waals surface area contributed by atoms with E-state index >= 15 is 0 Å². The van der Waals surface area contributed by atoms with Gasteiger partial charge in [0.15, 0.2) is 4.80 Å². The molecule has 3 rings (SSSR count). The highest BCUT2D eigenvalue weighted by Crippen LogP contribution is 2.30. The van der Waals surface area contributed by atoms with Crippen LogP contribution < -0.4 is 9.54 Å². The molecular weight excluding hydrogens is 363 g/mol. The second kappa shape index (κ2) is 7.43. The van der Waals surface area contributed by atoms with E-state index in [0.29, 0.717) is 16.7 Å². The molecule has 0 saturated heterocycles. The number of thiazole rings is 1. The molecule has 24 heavy (non-hydrogen) atoms. The van der Waals surface area contributed by atoms with Gasteiger partial charge in [0, 0.05) is 23.0 Å². The number of benzene rings is 2. The second-order valence-electron chi connectivity index (χ2n) is 5.13. The lowest BCUT2D eigenvalue weighted by molar-refractivity contribution is 0.340. The maximum absolute atomic E-state index is 6.31. The van der Waals surface area contributed by atoms with E-state index in [0.717, 1.165) is 27.5 Å². The number of halogens is 2. The summed E-state index contributed by atoms with van der Waals surface area (Å²) >= 11 is 13.9. The van der Waals surface area contributed by atoms with E-state index in [4.69, 9.17) is 32.9 Å². The van der Waals surface area contributed by atoms with Gasteiger partial charge in [-0.1, -0.05) is 23.2 Å². The maximum atomic E-state index is 6.31. The summed E-state index contributed by atoms with van der Waals surface area (Å²) in [6.45, 7) is 2.62. The molecule has 0 fully saturated rings. The number of nitrogens with zero attached hydrogens (tertiary/aromatic N) is 2. The van der Waals surface area contributed by atoms with Crippen molar-refractivity contribution < 1.29 is 4.74 Å². The molecule has 6 heteroatoms. The minimum atomic E-state index is 0.626. The fourth-order valence-corrected chi connectivity index (χ4v) is 3.73. The summed E-state index contributed by atoms with van der Waals surface area (Å²) in [5, 5.41) is 3.30. The van der Waals surface area contributed by atoms with Gasteiger partial charge < -0.3 is 9.30 Å². The quantitative estimate of drug-likeness (QED) is 0.572. The zero-order valence-corrected chi connectivity index (χ0v) is 15.6. The van der Waals surface area contributed by atoms with Gasteiger partial charge in [0.2, 0.25) is 0 Å². The van der Waals surface area contributed by atoms with Crippen molar-refractivity contribution >= 4 is 40.2 Å². The lowest BCUT2D eigenvalue weighted by Crippen LogP contribution is -2.10. The van der Waals surface area contributed by atoms with Crippen LogP contribution in [0, 0.1) is 0 Å². The standard InChI is InChI=1S/C18H16Cl2N2OS/c1-3-23-14-7-5-13(6-8-14)21-18-22(2)17(11-24-18)15-9-4-12(19)10-16(15)20/h4-11H,3H2,1-2H3. The molecule has 0 atom stereocenters. The summed E-state index contributed by atoms with van der Waals surface area (Å²) in [4.78, 5) is 5.58. The lowest BCUT2D eigenvalue weighted by Gasteiger charge is -2.06. The first-order valence-corrected chi connectivity index (χ1v) is 9.09. The summed E-state index contributed by atoms with van der Waals surface area (Å²) in [7, 11) is 1.98. The van der Waals surface area contributed by atoms with Gasteiger partial charge >= 0.3 is 0 Å². The highest BCUT2D eigenvalue weighted by molar-refractivity contribution is 7.07. The van der Waals surface area contributed by atoms with Gasteiger partial charge in [-0.05, 0) is 49.4 Å². The third-order valence-electron chi connectivity index (χ3n) is 3.50. The maximum Gasteiger partial charge on any atom is 0.190 e. The third kappa shape index (κ3) is 3.66. The van der Waals surface area contributed by atoms with Gasteiger partial charge in [0.1, 0.15) is 5.75 Å². The Balaban J connectivity index is 1.97. The Labute approximate surface area is 154 Å². The van der Waals surface area contributed by atoms with Crippen molar-refractivity contribution in [1.29, 1.82) is 0 Å². The van der Waals surface area contributed by atoms with Crippen molar-refractivity contribution in [3.05, 3.63) is 62.7 Å². The number of rotatable bonds is 4. The van der Waals surface area contributed by atoms with Crippen molar-refractivity contribution in [3.8, 4) is 17.0 Å². The van der Waals surface area contributed by atoms with Crippen LogP contribution in [0.5, 0.6) is 5.75 Å². The highest BCUT2D eigenvalue weighted by atomic mass is 35.5. The largest absolute Gasteiger partial charge is 0.494 e. The van der Waals surface area contributed by atoms with Gasteiger partial charge in [-0.15, -0.1) is 11.3 Å². The molecule has 1 aromatic heterocycles. The van der Waals surface area contributed by atoms with Crippen LogP contribution in [0.2, 0.25) is 10.0 Å². The number of ether oxygens (including phenoxy) is 1. The summed E-state index contributed by atoms with van der Waals surface area (Å²) < 4.78 is 7.47. The minimum Gasteiger partial charge on any atom is -0.494 e. The summed E-state index contributed by atoms with van der Waals surface area (Å²) in [6, 6.07) is 13.2. The van der Waals surface area contributed by atoms with Crippen molar-refractivity contribution in [2.75, 3.05) is 6.61 Å². The summed E-state index contributed by atoms with van der Waals surface area (Å²) in [5.41, 5.74) is 2.82. The Morgan fingerprint density at radius 3 is 2.54 bits per heavy atom. The monoisotopic (exact) mass is 378 g/mol. The van der Waals surface area contributed by atoms with Gasteiger partial charge in [0.05, 0.1) is 23.0 Å². The first kappa shape index (κ1) is 17.1. The molecule has 1 heterocycles. The van der Waals surface area contributed by atoms with Crippen LogP contribution in [0.15, 0.2) is 52.8 Å². The number of hydrogen-bond donors (Lipinski definition) is 0. The molecule has 2 aromatic carbocycles. The van der Waals surface area contributed by atoms with E-state index in [1.165, 1.54) is 0 Å². The van der Waals surface area contributed by atoms with Gasteiger partial charge in [-0.3, -0.25) is 0 Å². The van der Waals surface area contributed by atoms with Crippen LogP contribution in [-0.2, 0) is 7.05 Å². The fraction of sp³-hybridized carbons (Fsp3) is 0.167. The van der Waals surface area contributed by atoms with Crippen LogP contribution in [0.4, 0.5) is 5.69 Å². The van der Waals surface area contributed by atoms with Crippen LogP contribution >= 0.6 is 34.5 Å². The summed E-state index contributed by atoms with van der Waals surface area (Å²) in [5.74, 6) is 0.848. The highest BCUT2D eigenvalue weighted by Gasteiger charge is 2.09. The second-order valence-corrected chi connectivity index (χ2v) is 6.81. The van der Waals surface area contributed by atoms with E-state index in [9.17, 15) is 0 Å². The van der Waals surface area contributed by atoms with Crippen LogP contribution in [0.25, 0.3) is 11.3 Å². The minimum absolute atomic E-state index is 0.626. The van der Waals surface area contributed by atoms with Crippen LogP contribution in [-0.4, -0.2) is 11.2 Å². The third-order valence-corrected chi connectivity index (χ3v) is 4.97. The SMILES string of the molecule is CCOc1ccc(N=c2scc(-c3ccc(Cl)cc3Cl)n2C)cc1. The Hall–Kier alpha value is -1.75.